The number of carbonyl (C=O) groups is 1. The van der Waals surface area contributed by atoms with E-state index in [2.05, 4.69) is 14.9 Å². The molecule has 1 heterocycles. The largest absolute Gasteiger partial charge is 0.446 e. The van der Waals surface area contributed by atoms with Crippen LogP contribution in [-0.4, -0.2) is 64.8 Å². The van der Waals surface area contributed by atoms with E-state index < -0.39 is 16.3 Å². The summed E-state index contributed by atoms with van der Waals surface area (Å²) in [6.45, 7) is 8.30. The van der Waals surface area contributed by atoms with Gasteiger partial charge in [0.1, 0.15) is 0 Å². The first kappa shape index (κ1) is 17.2. The van der Waals surface area contributed by atoms with Crippen molar-refractivity contribution >= 4 is 16.3 Å². The zero-order valence-corrected chi connectivity index (χ0v) is 12.8. The summed E-state index contributed by atoms with van der Waals surface area (Å²) in [5.41, 5.74) is 0. The molecule has 0 radical (unpaired) electrons. The van der Waals surface area contributed by atoms with Crippen molar-refractivity contribution in [1.29, 1.82) is 0 Å². The van der Waals surface area contributed by atoms with Gasteiger partial charge in [-0.05, 0) is 26.8 Å². The molecule has 0 spiro atoms. The maximum atomic E-state index is 11.5. The zero-order chi connectivity index (χ0) is 15.0. The lowest BCUT2D eigenvalue weighted by Crippen LogP contribution is -2.45. The van der Waals surface area contributed by atoms with Gasteiger partial charge in [-0.15, -0.1) is 0 Å². The van der Waals surface area contributed by atoms with E-state index in [1.54, 1.807) is 18.6 Å². The molecule has 0 saturated carbocycles. The predicted molar refractivity (Wildman–Crippen MR) is 75.6 cm³/mol. The lowest BCUT2D eigenvalue weighted by atomic mass is 10.3. The Hall–Kier alpha value is -0.900. The van der Waals surface area contributed by atoms with Gasteiger partial charge in [0.25, 0.3) is 0 Å². The monoisotopic (exact) mass is 308 g/mol. The SMILES string of the molecule is CC(C)OC(=O)NS(=O)(=O)NCCCN1CCNCC1. The first-order chi connectivity index (χ1) is 9.39. The molecule has 1 saturated heterocycles. The Morgan fingerprint density at radius 2 is 2.00 bits per heavy atom. The van der Waals surface area contributed by atoms with Crippen molar-refractivity contribution in [3.8, 4) is 0 Å². The molecule has 9 heteroatoms. The molecule has 20 heavy (non-hydrogen) atoms. The fourth-order valence-corrected chi connectivity index (χ4v) is 2.58. The Kier molecular flexibility index (Phi) is 7.20. The number of nitrogens with one attached hydrogen (secondary N) is 3. The van der Waals surface area contributed by atoms with Gasteiger partial charge in [0.05, 0.1) is 6.10 Å². The van der Waals surface area contributed by atoms with Crippen LogP contribution in [0.5, 0.6) is 0 Å². The highest BCUT2D eigenvalue weighted by atomic mass is 32.2. The molecule has 1 amide bonds. The second kappa shape index (κ2) is 8.40. The minimum atomic E-state index is -3.83. The van der Waals surface area contributed by atoms with Crippen LogP contribution < -0.4 is 14.8 Å². The topological polar surface area (TPSA) is 99.8 Å². The molecule has 0 atom stereocenters. The number of hydrogen-bond acceptors (Lipinski definition) is 6. The molecule has 1 aliphatic heterocycles. The second-order valence-corrected chi connectivity index (χ2v) is 6.40. The molecule has 1 rings (SSSR count). The van der Waals surface area contributed by atoms with Crippen LogP contribution >= 0.6 is 0 Å². The lowest BCUT2D eigenvalue weighted by molar-refractivity contribution is 0.121. The first-order valence-electron chi connectivity index (χ1n) is 6.80. The fraction of sp³-hybridized carbons (Fsp3) is 0.909. The maximum Gasteiger partial charge on any atom is 0.422 e. The van der Waals surface area contributed by atoms with Crippen molar-refractivity contribution in [3.05, 3.63) is 0 Å². The maximum absolute atomic E-state index is 11.5. The molecule has 0 unspecified atom stereocenters. The molecule has 0 aromatic rings. The molecule has 3 N–H and O–H groups in total. The highest BCUT2D eigenvalue weighted by molar-refractivity contribution is 7.88. The van der Waals surface area contributed by atoms with Crippen molar-refractivity contribution in [1.82, 2.24) is 19.7 Å². The molecule has 0 bridgehead atoms. The fourth-order valence-electron chi connectivity index (χ4n) is 1.83. The summed E-state index contributed by atoms with van der Waals surface area (Å²) in [5, 5.41) is 3.25. The predicted octanol–water partition coefficient (Wildman–Crippen LogP) is -0.749. The van der Waals surface area contributed by atoms with Gasteiger partial charge in [0.2, 0.25) is 0 Å². The van der Waals surface area contributed by atoms with Crippen LogP contribution in [0.2, 0.25) is 0 Å². The third kappa shape index (κ3) is 7.63. The molecule has 118 valence electrons. The Morgan fingerprint density at radius 3 is 2.60 bits per heavy atom. The average molecular weight is 308 g/mol. The van der Waals surface area contributed by atoms with E-state index in [9.17, 15) is 13.2 Å². The van der Waals surface area contributed by atoms with E-state index >= 15 is 0 Å². The Morgan fingerprint density at radius 1 is 1.35 bits per heavy atom. The molecule has 1 fully saturated rings. The molecular weight excluding hydrogens is 284 g/mol. The number of amides is 1. The Balaban J connectivity index is 2.17. The lowest BCUT2D eigenvalue weighted by Gasteiger charge is -2.27. The molecule has 0 aliphatic carbocycles. The summed E-state index contributed by atoms with van der Waals surface area (Å²) in [7, 11) is -3.83. The van der Waals surface area contributed by atoms with Crippen molar-refractivity contribution in [3.63, 3.8) is 0 Å². The Bertz CT molecular complexity index is 393. The average Bonchev–Trinajstić information content (AvgIpc) is 2.34. The standard InChI is InChI=1S/C11H24N4O4S/c1-10(2)19-11(16)14-20(17,18)13-4-3-7-15-8-5-12-6-9-15/h10,12-13H,3-9H2,1-2H3,(H,14,16). The molecule has 1 aliphatic rings. The van der Waals surface area contributed by atoms with Crippen molar-refractivity contribution in [2.45, 2.75) is 26.4 Å². The number of rotatable bonds is 7. The third-order valence-corrected chi connectivity index (χ3v) is 3.73. The number of ether oxygens (including phenoxy) is 1. The number of hydrogen-bond donors (Lipinski definition) is 3. The van der Waals surface area contributed by atoms with Crippen LogP contribution in [0.25, 0.3) is 0 Å². The van der Waals surface area contributed by atoms with Crippen LogP contribution in [0.4, 0.5) is 4.79 Å². The van der Waals surface area contributed by atoms with Crippen molar-refractivity contribution in [2.75, 3.05) is 39.3 Å². The second-order valence-electron chi connectivity index (χ2n) is 4.90. The van der Waals surface area contributed by atoms with E-state index in [1.807, 2.05) is 0 Å². The highest BCUT2D eigenvalue weighted by Crippen LogP contribution is 1.94. The summed E-state index contributed by atoms with van der Waals surface area (Å²) in [5.74, 6) is 0. The summed E-state index contributed by atoms with van der Waals surface area (Å²) < 4.78 is 31.9. The summed E-state index contributed by atoms with van der Waals surface area (Å²) in [6, 6.07) is 0. The van der Waals surface area contributed by atoms with E-state index in [4.69, 9.17) is 4.74 Å². The molecule has 0 aromatic heterocycles. The van der Waals surface area contributed by atoms with Crippen LogP contribution in [0.1, 0.15) is 20.3 Å². The van der Waals surface area contributed by atoms with Gasteiger partial charge in [-0.25, -0.2) is 9.52 Å². The van der Waals surface area contributed by atoms with Crippen molar-refractivity contribution in [2.24, 2.45) is 0 Å². The molecular formula is C11H24N4O4S. The molecule has 0 aromatic carbocycles. The smallest absolute Gasteiger partial charge is 0.422 e. The minimum absolute atomic E-state index is 0.286. The van der Waals surface area contributed by atoms with Gasteiger partial charge < -0.3 is 15.0 Å². The van der Waals surface area contributed by atoms with Crippen molar-refractivity contribution < 1.29 is 17.9 Å². The van der Waals surface area contributed by atoms with Gasteiger partial charge in [0, 0.05) is 32.7 Å². The van der Waals surface area contributed by atoms with E-state index in [-0.39, 0.29) is 12.6 Å². The van der Waals surface area contributed by atoms with E-state index in [0.29, 0.717) is 6.42 Å². The van der Waals surface area contributed by atoms with Crippen LogP contribution in [0, 0.1) is 0 Å². The van der Waals surface area contributed by atoms with Gasteiger partial charge in [0.15, 0.2) is 0 Å². The number of piperazine rings is 1. The van der Waals surface area contributed by atoms with Gasteiger partial charge in [-0.1, -0.05) is 0 Å². The Labute approximate surface area is 120 Å². The first-order valence-corrected chi connectivity index (χ1v) is 8.28. The van der Waals surface area contributed by atoms with Crippen LogP contribution in [-0.2, 0) is 14.9 Å². The van der Waals surface area contributed by atoms with E-state index in [1.165, 1.54) is 0 Å². The minimum Gasteiger partial charge on any atom is -0.446 e. The highest BCUT2D eigenvalue weighted by Gasteiger charge is 2.16. The summed E-state index contributed by atoms with van der Waals surface area (Å²) in [6.07, 6.45) is -0.632. The van der Waals surface area contributed by atoms with E-state index in [0.717, 1.165) is 32.7 Å². The molecule has 8 nitrogen and oxygen atoms in total. The van der Waals surface area contributed by atoms with Crippen LogP contribution in [0.3, 0.4) is 0 Å². The summed E-state index contributed by atoms with van der Waals surface area (Å²) >= 11 is 0. The van der Waals surface area contributed by atoms with Gasteiger partial charge in [-0.3, -0.25) is 0 Å². The number of carbonyl (C=O) groups excluding carboxylic acids is 1. The van der Waals surface area contributed by atoms with Gasteiger partial charge in [-0.2, -0.15) is 13.1 Å². The van der Waals surface area contributed by atoms with Gasteiger partial charge >= 0.3 is 16.3 Å². The van der Waals surface area contributed by atoms with Crippen LogP contribution in [0.15, 0.2) is 0 Å². The quantitative estimate of drug-likeness (QED) is 0.535. The number of nitrogens with zero attached hydrogens (tertiary/aromatic N) is 1. The normalized spacial score (nSPS) is 17.1. The summed E-state index contributed by atoms with van der Waals surface area (Å²) in [4.78, 5) is 13.5. The zero-order valence-electron chi connectivity index (χ0n) is 12.0. The third-order valence-electron chi connectivity index (χ3n) is 2.71.